The molecule has 33 heavy (non-hydrogen) atoms. The number of anilines is 1. The molecule has 1 N–H and O–H groups in total. The highest BCUT2D eigenvalue weighted by atomic mass is 19.1. The number of hydrogen-bond donors (Lipinski definition) is 1. The number of amides is 2. The number of benzene rings is 3. The van der Waals surface area contributed by atoms with Gasteiger partial charge in [-0.05, 0) is 53.4 Å². The Bertz CT molecular complexity index is 1260. The van der Waals surface area contributed by atoms with E-state index in [0.717, 1.165) is 11.1 Å². The van der Waals surface area contributed by atoms with Gasteiger partial charge < -0.3 is 19.7 Å². The molecule has 2 amide bonds. The maximum Gasteiger partial charge on any atom is 0.254 e. The lowest BCUT2D eigenvalue weighted by Gasteiger charge is -2.45. The van der Waals surface area contributed by atoms with Crippen LogP contribution < -0.4 is 14.8 Å². The number of carbonyl (C=O) groups is 2. The largest absolute Gasteiger partial charge is 0.493 e. The molecule has 2 atom stereocenters. The van der Waals surface area contributed by atoms with Gasteiger partial charge in [-0.15, -0.1) is 0 Å². The summed E-state index contributed by atoms with van der Waals surface area (Å²) >= 11 is 0. The molecule has 0 bridgehead atoms. The van der Waals surface area contributed by atoms with Crippen molar-refractivity contribution in [3.05, 3.63) is 88.7 Å². The average molecular weight is 446 g/mol. The van der Waals surface area contributed by atoms with Gasteiger partial charge in [0.25, 0.3) is 5.91 Å². The van der Waals surface area contributed by atoms with Crippen LogP contribution in [0.15, 0.2) is 60.7 Å². The van der Waals surface area contributed by atoms with Crippen LogP contribution >= 0.6 is 0 Å². The first-order valence-electron chi connectivity index (χ1n) is 10.7. The molecule has 7 heteroatoms. The van der Waals surface area contributed by atoms with E-state index in [0.29, 0.717) is 35.6 Å². The second kappa shape index (κ2) is 8.24. The Morgan fingerprint density at radius 1 is 1.00 bits per heavy atom. The number of nitrogens with zero attached hydrogens (tertiary/aromatic N) is 1. The van der Waals surface area contributed by atoms with E-state index in [2.05, 4.69) is 5.32 Å². The predicted octanol–water partition coefficient (Wildman–Crippen LogP) is 4.32. The molecule has 0 unspecified atom stereocenters. The summed E-state index contributed by atoms with van der Waals surface area (Å²) in [6.45, 7) is 0.462. The van der Waals surface area contributed by atoms with Crippen molar-refractivity contribution in [2.45, 2.75) is 18.4 Å². The first-order valence-corrected chi connectivity index (χ1v) is 10.7. The van der Waals surface area contributed by atoms with Gasteiger partial charge in [-0.1, -0.05) is 30.3 Å². The molecule has 0 aromatic heterocycles. The quantitative estimate of drug-likeness (QED) is 0.648. The maximum absolute atomic E-state index is 14.3. The Kier molecular flexibility index (Phi) is 5.24. The standard InChI is InChI=1S/C26H23FN2O4/c1-32-21-13-15-11-12-29-24(18(15)14-22(21)33-2)23(16-7-3-4-8-17(16)26(29)31)25(30)28-20-10-6-5-9-19(20)27/h3-10,13-14,23-24H,11-12H2,1-2H3,(H,28,30)/t23-,24+/m1/s1. The average Bonchev–Trinajstić information content (AvgIpc) is 2.84. The molecule has 168 valence electrons. The first kappa shape index (κ1) is 21.0. The highest BCUT2D eigenvalue weighted by Gasteiger charge is 2.46. The van der Waals surface area contributed by atoms with Crippen LogP contribution in [-0.4, -0.2) is 37.5 Å². The van der Waals surface area contributed by atoms with Gasteiger partial charge in [-0.3, -0.25) is 9.59 Å². The van der Waals surface area contributed by atoms with Crippen LogP contribution in [-0.2, 0) is 11.2 Å². The Labute approximate surface area is 190 Å². The Morgan fingerprint density at radius 2 is 1.70 bits per heavy atom. The van der Waals surface area contributed by atoms with Crippen molar-refractivity contribution in [3.63, 3.8) is 0 Å². The normalized spacial score (nSPS) is 18.6. The van der Waals surface area contributed by atoms with Crippen molar-refractivity contribution in [1.82, 2.24) is 4.90 Å². The SMILES string of the molecule is COc1cc2c(cc1OC)[C@H]1[C@H](C(=O)Nc3ccccc3F)c3ccccc3C(=O)N1CC2. The van der Waals surface area contributed by atoms with Gasteiger partial charge in [0, 0.05) is 12.1 Å². The minimum atomic E-state index is -0.726. The molecule has 3 aromatic rings. The van der Waals surface area contributed by atoms with E-state index in [9.17, 15) is 14.0 Å². The number of methoxy groups -OCH3 is 2. The lowest BCUT2D eigenvalue weighted by atomic mass is 9.75. The smallest absolute Gasteiger partial charge is 0.254 e. The Balaban J connectivity index is 1.66. The number of halogens is 1. The van der Waals surface area contributed by atoms with Crippen molar-refractivity contribution >= 4 is 17.5 Å². The topological polar surface area (TPSA) is 67.9 Å². The van der Waals surface area contributed by atoms with Crippen molar-refractivity contribution in [2.75, 3.05) is 26.1 Å². The lowest BCUT2D eigenvalue weighted by molar-refractivity contribution is -0.119. The molecule has 2 aliphatic rings. The van der Waals surface area contributed by atoms with E-state index < -0.39 is 17.8 Å². The summed E-state index contributed by atoms with van der Waals surface area (Å²) in [6, 6.07) is 16.4. The van der Waals surface area contributed by atoms with Gasteiger partial charge in [-0.25, -0.2) is 4.39 Å². The molecule has 0 radical (unpaired) electrons. The monoisotopic (exact) mass is 446 g/mol. The van der Waals surface area contributed by atoms with Crippen molar-refractivity contribution in [3.8, 4) is 11.5 Å². The van der Waals surface area contributed by atoms with Crippen LogP contribution in [0, 0.1) is 5.82 Å². The van der Waals surface area contributed by atoms with Crippen molar-refractivity contribution in [2.24, 2.45) is 0 Å². The van der Waals surface area contributed by atoms with Crippen LogP contribution in [0.1, 0.15) is 39.0 Å². The minimum absolute atomic E-state index is 0.103. The number of rotatable bonds is 4. The zero-order chi connectivity index (χ0) is 23.1. The first-order chi connectivity index (χ1) is 16.0. The van der Waals surface area contributed by atoms with Crippen LogP contribution in [0.2, 0.25) is 0 Å². The van der Waals surface area contributed by atoms with Crippen molar-refractivity contribution in [1.29, 1.82) is 0 Å². The molecule has 0 saturated carbocycles. The fourth-order valence-corrected chi connectivity index (χ4v) is 4.91. The summed E-state index contributed by atoms with van der Waals surface area (Å²) in [5, 5.41) is 2.74. The number of nitrogens with one attached hydrogen (secondary N) is 1. The van der Waals surface area contributed by atoms with Crippen LogP contribution in [0.3, 0.4) is 0 Å². The third kappa shape index (κ3) is 3.40. The minimum Gasteiger partial charge on any atom is -0.493 e. The molecule has 2 aliphatic heterocycles. The molecule has 0 spiro atoms. The fraction of sp³-hybridized carbons (Fsp3) is 0.231. The van der Waals surface area contributed by atoms with E-state index in [1.165, 1.54) is 12.1 Å². The molecule has 6 nitrogen and oxygen atoms in total. The third-order valence-electron chi connectivity index (χ3n) is 6.44. The number of carbonyl (C=O) groups excluding carboxylic acids is 2. The summed E-state index contributed by atoms with van der Waals surface area (Å²) < 4.78 is 25.3. The van der Waals surface area contributed by atoms with Gasteiger partial charge in [0.15, 0.2) is 11.5 Å². The molecule has 0 saturated heterocycles. The molecular formula is C26H23FN2O4. The summed E-state index contributed by atoms with van der Waals surface area (Å²) in [6.07, 6.45) is 0.627. The Morgan fingerprint density at radius 3 is 2.45 bits per heavy atom. The summed E-state index contributed by atoms with van der Waals surface area (Å²) in [7, 11) is 3.12. The summed E-state index contributed by atoms with van der Waals surface area (Å²) in [4.78, 5) is 28.8. The van der Waals surface area contributed by atoms with Gasteiger partial charge in [0.1, 0.15) is 5.82 Å². The molecular weight excluding hydrogens is 423 g/mol. The zero-order valence-corrected chi connectivity index (χ0v) is 18.3. The summed E-state index contributed by atoms with van der Waals surface area (Å²) in [5.74, 6) is -0.616. The van der Waals surface area contributed by atoms with E-state index in [1.807, 2.05) is 18.2 Å². The Hall–Kier alpha value is -3.87. The molecule has 3 aromatic carbocycles. The zero-order valence-electron chi connectivity index (χ0n) is 18.3. The third-order valence-corrected chi connectivity index (χ3v) is 6.44. The van der Waals surface area contributed by atoms with Gasteiger partial charge in [0.2, 0.25) is 5.91 Å². The fourth-order valence-electron chi connectivity index (χ4n) is 4.91. The predicted molar refractivity (Wildman–Crippen MR) is 121 cm³/mol. The molecule has 5 rings (SSSR count). The summed E-state index contributed by atoms with van der Waals surface area (Å²) in [5.41, 5.74) is 3.04. The van der Waals surface area contributed by atoms with Gasteiger partial charge in [-0.2, -0.15) is 0 Å². The number of fused-ring (bicyclic) bond motifs is 4. The lowest BCUT2D eigenvalue weighted by Crippen LogP contribution is -2.49. The van der Waals surface area contributed by atoms with E-state index in [4.69, 9.17) is 9.47 Å². The highest BCUT2D eigenvalue weighted by Crippen LogP contribution is 2.48. The van der Waals surface area contributed by atoms with Crippen LogP contribution in [0.25, 0.3) is 0 Å². The highest BCUT2D eigenvalue weighted by molar-refractivity contribution is 6.04. The second-order valence-electron chi connectivity index (χ2n) is 8.13. The second-order valence-corrected chi connectivity index (χ2v) is 8.13. The number of ether oxygens (including phenoxy) is 2. The van der Waals surface area contributed by atoms with Gasteiger partial charge >= 0.3 is 0 Å². The number of para-hydroxylation sites is 1. The van der Waals surface area contributed by atoms with E-state index in [1.54, 1.807) is 49.5 Å². The number of hydrogen-bond acceptors (Lipinski definition) is 4. The molecule has 0 aliphatic carbocycles. The molecule has 2 heterocycles. The van der Waals surface area contributed by atoms with E-state index in [-0.39, 0.29) is 17.5 Å². The van der Waals surface area contributed by atoms with E-state index >= 15 is 0 Å². The van der Waals surface area contributed by atoms with Crippen molar-refractivity contribution < 1.29 is 23.5 Å². The maximum atomic E-state index is 14.3. The molecule has 0 fully saturated rings. The van der Waals surface area contributed by atoms with Crippen LogP contribution in [0.4, 0.5) is 10.1 Å². The van der Waals surface area contributed by atoms with Crippen LogP contribution in [0.5, 0.6) is 11.5 Å². The van der Waals surface area contributed by atoms with Gasteiger partial charge in [0.05, 0.1) is 31.9 Å².